The van der Waals surface area contributed by atoms with Crippen LogP contribution in [0, 0.1) is 0 Å². The van der Waals surface area contributed by atoms with E-state index in [1.165, 1.54) is 11.3 Å². The third-order valence-electron chi connectivity index (χ3n) is 3.54. The lowest BCUT2D eigenvalue weighted by atomic mass is 10.3. The number of halogens is 3. The number of amides is 1. The van der Waals surface area contributed by atoms with E-state index >= 15 is 0 Å². The van der Waals surface area contributed by atoms with Crippen molar-refractivity contribution < 1.29 is 22.4 Å². The van der Waals surface area contributed by atoms with E-state index in [2.05, 4.69) is 0 Å². The lowest BCUT2D eigenvalue weighted by molar-refractivity contribution is -0.162. The van der Waals surface area contributed by atoms with Gasteiger partial charge in [-0.3, -0.25) is 9.36 Å². The van der Waals surface area contributed by atoms with Crippen LogP contribution in [0.2, 0.25) is 0 Å². The van der Waals surface area contributed by atoms with Crippen molar-refractivity contribution in [2.45, 2.75) is 19.3 Å². The quantitative estimate of drug-likeness (QED) is 0.693. The minimum Gasteiger partial charge on any atom is -0.408 e. The van der Waals surface area contributed by atoms with Crippen molar-refractivity contribution in [1.29, 1.82) is 0 Å². The number of nitrogens with zero attached hydrogens (tertiary/aromatic N) is 2. The van der Waals surface area contributed by atoms with Gasteiger partial charge in [-0.2, -0.15) is 24.5 Å². The molecule has 0 aliphatic rings. The predicted octanol–water partition coefficient (Wildman–Crippen LogP) is 3.25. The number of rotatable bonds is 5. The zero-order valence-electron chi connectivity index (χ0n) is 12.8. The molecule has 0 saturated carbocycles. The molecular weight excluding hydrogens is 357 g/mol. The molecule has 0 fully saturated rings. The van der Waals surface area contributed by atoms with Crippen LogP contribution in [0.25, 0.3) is 11.1 Å². The van der Waals surface area contributed by atoms with E-state index in [9.17, 15) is 22.8 Å². The van der Waals surface area contributed by atoms with E-state index in [0.29, 0.717) is 16.0 Å². The van der Waals surface area contributed by atoms with Crippen LogP contribution in [0.5, 0.6) is 0 Å². The van der Waals surface area contributed by atoms with E-state index in [-0.39, 0.29) is 12.1 Å². The number of aromatic nitrogens is 1. The molecule has 3 rings (SSSR count). The molecule has 0 spiro atoms. The van der Waals surface area contributed by atoms with Gasteiger partial charge in [0, 0.05) is 6.54 Å². The molecule has 0 N–H and O–H groups in total. The van der Waals surface area contributed by atoms with E-state index in [4.69, 9.17) is 4.42 Å². The maximum Gasteiger partial charge on any atom is 0.420 e. The monoisotopic (exact) mass is 370 g/mol. The average Bonchev–Trinajstić information content (AvgIpc) is 3.14. The molecule has 0 aliphatic heterocycles. The van der Waals surface area contributed by atoms with Crippen molar-refractivity contribution in [3.8, 4) is 0 Å². The molecule has 0 aliphatic carbocycles. The fourth-order valence-electron chi connectivity index (χ4n) is 2.45. The summed E-state index contributed by atoms with van der Waals surface area (Å²) in [7, 11) is 0. The highest BCUT2D eigenvalue weighted by Gasteiger charge is 2.33. The summed E-state index contributed by atoms with van der Waals surface area (Å²) in [5.41, 5.74) is 1.25. The van der Waals surface area contributed by atoms with E-state index in [1.54, 1.807) is 41.1 Å². The fourth-order valence-corrected chi connectivity index (χ4v) is 3.11. The van der Waals surface area contributed by atoms with Gasteiger partial charge in [0.15, 0.2) is 5.58 Å². The summed E-state index contributed by atoms with van der Waals surface area (Å²) in [6.07, 6.45) is -4.53. The number of hydrogen-bond acceptors (Lipinski definition) is 4. The zero-order chi connectivity index (χ0) is 18.0. The molecule has 25 heavy (non-hydrogen) atoms. The molecule has 1 amide bonds. The number of oxazole rings is 1. The van der Waals surface area contributed by atoms with Gasteiger partial charge in [-0.25, -0.2) is 4.79 Å². The number of fused-ring (bicyclic) bond motifs is 1. The Hall–Kier alpha value is -2.55. The van der Waals surface area contributed by atoms with Gasteiger partial charge < -0.3 is 9.32 Å². The molecule has 1 aromatic carbocycles. The topological polar surface area (TPSA) is 55.5 Å². The molecule has 132 valence electrons. The Kier molecular flexibility index (Phi) is 4.67. The molecule has 2 heterocycles. The third kappa shape index (κ3) is 4.11. The van der Waals surface area contributed by atoms with E-state index in [1.807, 2.05) is 0 Å². The van der Waals surface area contributed by atoms with Crippen molar-refractivity contribution >= 4 is 28.3 Å². The lowest BCUT2D eigenvalue weighted by Gasteiger charge is -2.23. The molecule has 0 unspecified atom stereocenters. The maximum absolute atomic E-state index is 12.8. The molecule has 0 radical (unpaired) electrons. The highest BCUT2D eigenvalue weighted by Crippen LogP contribution is 2.20. The second kappa shape index (κ2) is 6.75. The minimum atomic E-state index is -4.53. The van der Waals surface area contributed by atoms with Gasteiger partial charge in [-0.1, -0.05) is 12.1 Å². The smallest absolute Gasteiger partial charge is 0.408 e. The van der Waals surface area contributed by atoms with Crippen molar-refractivity contribution in [3.63, 3.8) is 0 Å². The van der Waals surface area contributed by atoms with Crippen LogP contribution >= 0.6 is 11.3 Å². The highest BCUT2D eigenvalue weighted by atomic mass is 32.1. The van der Waals surface area contributed by atoms with Crippen molar-refractivity contribution in [1.82, 2.24) is 9.47 Å². The van der Waals surface area contributed by atoms with Crippen LogP contribution in [0.15, 0.2) is 50.3 Å². The van der Waals surface area contributed by atoms with Gasteiger partial charge in [0.2, 0.25) is 5.91 Å². The average molecular weight is 370 g/mol. The Morgan fingerprint density at radius 2 is 2.00 bits per heavy atom. The molecule has 0 saturated heterocycles. The van der Waals surface area contributed by atoms with Gasteiger partial charge in [-0.05, 0) is 34.5 Å². The van der Waals surface area contributed by atoms with Gasteiger partial charge >= 0.3 is 11.9 Å². The summed E-state index contributed by atoms with van der Waals surface area (Å²) >= 11 is 1.33. The number of para-hydroxylation sites is 2. The van der Waals surface area contributed by atoms with Crippen LogP contribution in [-0.4, -0.2) is 28.1 Å². The molecule has 0 atom stereocenters. The number of carbonyl (C=O) groups is 1. The normalized spacial score (nSPS) is 11.8. The van der Waals surface area contributed by atoms with Crippen LogP contribution < -0.4 is 5.76 Å². The van der Waals surface area contributed by atoms with E-state index in [0.717, 1.165) is 4.57 Å². The minimum absolute atomic E-state index is 0.174. The van der Waals surface area contributed by atoms with Gasteiger partial charge in [0.25, 0.3) is 0 Å². The molecule has 9 heteroatoms. The summed E-state index contributed by atoms with van der Waals surface area (Å²) in [5.74, 6) is -1.59. The molecule has 3 aromatic rings. The van der Waals surface area contributed by atoms with Gasteiger partial charge in [0.1, 0.15) is 13.1 Å². The number of thiophene rings is 1. The first kappa shape index (κ1) is 17.3. The molecular formula is C16H13F3N2O3S. The Morgan fingerprint density at radius 3 is 2.68 bits per heavy atom. The lowest BCUT2D eigenvalue weighted by Crippen LogP contribution is -2.41. The SMILES string of the molecule is O=C(Cn1c(=O)oc2ccccc21)N(Cc1ccsc1)CC(F)(F)F. The van der Waals surface area contributed by atoms with Crippen LogP contribution in [0.1, 0.15) is 5.56 Å². The summed E-state index contributed by atoms with van der Waals surface area (Å²) in [6.45, 7) is -2.07. The standard InChI is InChI=1S/C16H13F3N2O3S/c17-16(18,19)10-20(7-11-5-6-25-9-11)14(22)8-21-12-3-1-2-4-13(12)24-15(21)23/h1-6,9H,7-8,10H2. The number of hydrogen-bond donors (Lipinski definition) is 0. The second-order valence-electron chi connectivity index (χ2n) is 5.42. The maximum atomic E-state index is 12.8. The highest BCUT2D eigenvalue weighted by molar-refractivity contribution is 7.07. The summed E-state index contributed by atoms with van der Waals surface area (Å²) in [5, 5.41) is 3.40. The molecule has 2 aromatic heterocycles. The van der Waals surface area contributed by atoms with Crippen LogP contribution in [-0.2, 0) is 17.9 Å². The van der Waals surface area contributed by atoms with E-state index < -0.39 is 30.9 Å². The number of alkyl halides is 3. The Balaban J connectivity index is 1.86. The van der Waals surface area contributed by atoms with Crippen molar-refractivity contribution in [3.05, 3.63) is 57.2 Å². The third-order valence-corrected chi connectivity index (χ3v) is 4.28. The van der Waals surface area contributed by atoms with Crippen LogP contribution in [0.3, 0.4) is 0 Å². The predicted molar refractivity (Wildman–Crippen MR) is 86.3 cm³/mol. The Morgan fingerprint density at radius 1 is 1.24 bits per heavy atom. The summed E-state index contributed by atoms with van der Waals surface area (Å²) in [6, 6.07) is 8.08. The first-order valence-electron chi connectivity index (χ1n) is 7.27. The zero-order valence-corrected chi connectivity index (χ0v) is 13.6. The Bertz CT molecular complexity index is 928. The number of carbonyl (C=O) groups excluding carboxylic acids is 1. The summed E-state index contributed by atoms with van der Waals surface area (Å²) < 4.78 is 44.5. The molecule has 0 bridgehead atoms. The first-order valence-corrected chi connectivity index (χ1v) is 8.22. The van der Waals surface area contributed by atoms with Crippen molar-refractivity contribution in [2.75, 3.05) is 6.54 Å². The first-order chi connectivity index (χ1) is 11.8. The Labute approximate surface area is 143 Å². The fraction of sp³-hybridized carbons (Fsp3) is 0.250. The second-order valence-corrected chi connectivity index (χ2v) is 6.20. The summed E-state index contributed by atoms with van der Waals surface area (Å²) in [4.78, 5) is 25.0. The van der Waals surface area contributed by atoms with Gasteiger partial charge in [-0.15, -0.1) is 0 Å². The van der Waals surface area contributed by atoms with Crippen molar-refractivity contribution in [2.24, 2.45) is 0 Å². The van der Waals surface area contributed by atoms with Crippen LogP contribution in [0.4, 0.5) is 13.2 Å². The number of benzene rings is 1. The van der Waals surface area contributed by atoms with Gasteiger partial charge in [0.05, 0.1) is 5.52 Å². The molecule has 5 nitrogen and oxygen atoms in total. The largest absolute Gasteiger partial charge is 0.420 e.